The van der Waals surface area contributed by atoms with E-state index in [1.165, 1.54) is 0 Å². The minimum Gasteiger partial charge on any atom is -0.401 e. The third kappa shape index (κ3) is 2.61. The fourth-order valence-electron chi connectivity index (χ4n) is 2.29. The maximum absolute atomic E-state index is 11.4. The SMILES string of the molecule is CC1(C)OB(c2[c-]cc3c(c2)CC(=O)N3)OC1(C)C.[Y]. The number of hydrogen-bond acceptors (Lipinski definition) is 3. The number of nitrogens with one attached hydrogen (secondary N) is 1. The molecule has 4 nitrogen and oxygen atoms in total. The van der Waals surface area contributed by atoms with E-state index >= 15 is 0 Å². The van der Waals surface area contributed by atoms with Gasteiger partial charge in [-0.1, -0.05) is 5.69 Å². The van der Waals surface area contributed by atoms with Crippen LogP contribution in [0.5, 0.6) is 0 Å². The van der Waals surface area contributed by atoms with Crippen LogP contribution in [0.25, 0.3) is 0 Å². The molecule has 20 heavy (non-hydrogen) atoms. The number of amides is 1. The van der Waals surface area contributed by atoms with Gasteiger partial charge in [-0.3, -0.25) is 4.79 Å². The van der Waals surface area contributed by atoms with E-state index < -0.39 is 7.12 Å². The van der Waals surface area contributed by atoms with Crippen LogP contribution in [0, 0.1) is 6.07 Å². The third-order valence-electron chi connectivity index (χ3n) is 4.19. The molecule has 1 aromatic carbocycles. The Morgan fingerprint density at radius 1 is 1.25 bits per heavy atom. The summed E-state index contributed by atoms with van der Waals surface area (Å²) in [6.07, 6.45) is 0.413. The zero-order valence-corrected chi connectivity index (χ0v) is 15.1. The van der Waals surface area contributed by atoms with Crippen molar-refractivity contribution < 1.29 is 46.8 Å². The zero-order valence-electron chi connectivity index (χ0n) is 12.2. The van der Waals surface area contributed by atoms with E-state index in [1.807, 2.05) is 33.8 Å². The molecule has 1 radical (unpaired) electrons. The van der Waals surface area contributed by atoms with Gasteiger partial charge in [-0.05, 0) is 27.7 Å². The van der Waals surface area contributed by atoms with Crippen LogP contribution in [0.3, 0.4) is 0 Å². The first-order chi connectivity index (χ1) is 8.78. The summed E-state index contributed by atoms with van der Waals surface area (Å²) in [5.41, 5.74) is 1.93. The second-order valence-electron chi connectivity index (χ2n) is 6.14. The standard InChI is InChI=1S/C14H17BNO3.Y/c1-13(2)14(3,4)19-15(18-13)10-5-6-11-9(7-10)8-12(17)16-11;/h6-7H,8H2,1-4H3,(H,16,17);/q-1;. The Balaban J connectivity index is 0.00000147. The van der Waals surface area contributed by atoms with Crippen molar-refractivity contribution in [3.63, 3.8) is 0 Å². The zero-order chi connectivity index (χ0) is 13.8. The Bertz CT molecular complexity index is 543. The molecule has 0 aromatic heterocycles. The van der Waals surface area contributed by atoms with Crippen LogP contribution < -0.4 is 10.8 Å². The summed E-state index contributed by atoms with van der Waals surface area (Å²) in [6.45, 7) is 8.08. The Labute approximate surface area is 145 Å². The first-order valence-electron chi connectivity index (χ1n) is 6.48. The maximum atomic E-state index is 11.4. The van der Waals surface area contributed by atoms with Gasteiger partial charge in [-0.25, -0.2) is 0 Å². The molecule has 1 saturated heterocycles. The molecule has 2 aliphatic rings. The predicted octanol–water partition coefficient (Wildman–Crippen LogP) is 1.28. The Morgan fingerprint density at radius 3 is 2.45 bits per heavy atom. The summed E-state index contributed by atoms with van der Waals surface area (Å²) in [4.78, 5) is 11.4. The van der Waals surface area contributed by atoms with Gasteiger partial charge in [0.1, 0.15) is 0 Å². The molecule has 103 valence electrons. The fourth-order valence-corrected chi connectivity index (χ4v) is 2.29. The molecule has 0 aliphatic carbocycles. The van der Waals surface area contributed by atoms with E-state index in [0.717, 1.165) is 16.7 Å². The van der Waals surface area contributed by atoms with Crippen LogP contribution in [-0.4, -0.2) is 24.2 Å². The Morgan fingerprint density at radius 2 is 1.85 bits per heavy atom. The molecule has 1 aromatic rings. The quantitative estimate of drug-likeness (QED) is 0.615. The van der Waals surface area contributed by atoms with E-state index in [9.17, 15) is 4.79 Å². The van der Waals surface area contributed by atoms with Gasteiger partial charge in [-0.2, -0.15) is 18.2 Å². The molecule has 0 atom stereocenters. The van der Waals surface area contributed by atoms with E-state index in [-0.39, 0.29) is 49.8 Å². The average molecular weight is 347 g/mol. The molecule has 0 saturated carbocycles. The summed E-state index contributed by atoms with van der Waals surface area (Å²) in [5, 5.41) is 2.80. The van der Waals surface area contributed by atoms with Crippen LogP contribution in [0.1, 0.15) is 33.3 Å². The summed E-state index contributed by atoms with van der Waals surface area (Å²) in [5.74, 6) is 0.0227. The van der Waals surface area contributed by atoms with Gasteiger partial charge < -0.3 is 14.6 Å². The van der Waals surface area contributed by atoms with E-state index in [2.05, 4.69) is 11.4 Å². The van der Waals surface area contributed by atoms with Crippen molar-refractivity contribution in [1.29, 1.82) is 0 Å². The predicted molar refractivity (Wildman–Crippen MR) is 73.3 cm³/mol. The molecule has 0 spiro atoms. The average Bonchev–Trinajstić information content (AvgIpc) is 2.74. The number of rotatable bonds is 1. The minimum absolute atomic E-state index is 0. The topological polar surface area (TPSA) is 47.6 Å². The molecule has 1 N–H and O–H groups in total. The second kappa shape index (κ2) is 5.20. The van der Waals surface area contributed by atoms with Gasteiger partial charge in [0.05, 0.1) is 11.2 Å². The summed E-state index contributed by atoms with van der Waals surface area (Å²) >= 11 is 0. The second-order valence-corrected chi connectivity index (χ2v) is 6.14. The van der Waals surface area contributed by atoms with Gasteiger partial charge in [-0.15, -0.1) is 11.0 Å². The van der Waals surface area contributed by atoms with Gasteiger partial charge in [0, 0.05) is 39.1 Å². The van der Waals surface area contributed by atoms with E-state index in [1.54, 1.807) is 6.07 Å². The summed E-state index contributed by atoms with van der Waals surface area (Å²) in [7, 11) is -0.425. The largest absolute Gasteiger partial charge is 0.468 e. The van der Waals surface area contributed by atoms with Crippen molar-refractivity contribution >= 4 is 24.2 Å². The number of anilines is 1. The summed E-state index contributed by atoms with van der Waals surface area (Å²) in [6, 6.07) is 6.87. The Hall–Kier alpha value is -0.221. The molecule has 0 bridgehead atoms. The number of carbonyl (C=O) groups excluding carboxylic acids is 1. The van der Waals surface area contributed by atoms with Crippen molar-refractivity contribution in [3.8, 4) is 0 Å². The smallest absolute Gasteiger partial charge is 0.401 e. The number of benzene rings is 1. The van der Waals surface area contributed by atoms with Gasteiger partial charge >= 0.3 is 7.12 Å². The summed E-state index contributed by atoms with van der Waals surface area (Å²) < 4.78 is 12.0. The molecule has 1 amide bonds. The van der Waals surface area contributed by atoms with Crippen LogP contribution >= 0.6 is 0 Å². The van der Waals surface area contributed by atoms with Crippen LogP contribution in [0.2, 0.25) is 0 Å². The minimum atomic E-state index is -0.425. The van der Waals surface area contributed by atoms with E-state index in [0.29, 0.717) is 6.42 Å². The number of hydrogen-bond donors (Lipinski definition) is 1. The first kappa shape index (κ1) is 16.2. The number of carbonyl (C=O) groups is 1. The van der Waals surface area contributed by atoms with Gasteiger partial charge in [0.2, 0.25) is 5.91 Å². The molecule has 3 rings (SSSR count). The van der Waals surface area contributed by atoms with Gasteiger partial charge in [0.25, 0.3) is 0 Å². The maximum Gasteiger partial charge on any atom is 0.468 e. The molecule has 2 aliphatic heterocycles. The Kier molecular flexibility index (Phi) is 4.20. The van der Waals surface area contributed by atoms with Crippen molar-refractivity contribution in [3.05, 3.63) is 23.8 Å². The molecule has 6 heteroatoms. The normalized spacial score (nSPS) is 22.2. The van der Waals surface area contributed by atoms with Crippen LogP contribution in [-0.2, 0) is 53.2 Å². The monoisotopic (exact) mass is 347 g/mol. The third-order valence-corrected chi connectivity index (χ3v) is 4.19. The van der Waals surface area contributed by atoms with Crippen molar-refractivity contribution in [2.45, 2.75) is 45.3 Å². The molecular weight excluding hydrogens is 330 g/mol. The van der Waals surface area contributed by atoms with Crippen molar-refractivity contribution in [2.24, 2.45) is 0 Å². The van der Waals surface area contributed by atoms with Crippen molar-refractivity contribution in [2.75, 3.05) is 5.32 Å². The van der Waals surface area contributed by atoms with Gasteiger partial charge in [0.15, 0.2) is 0 Å². The first-order valence-corrected chi connectivity index (χ1v) is 6.48. The molecular formula is C14H17BNO3Y-. The van der Waals surface area contributed by atoms with E-state index in [4.69, 9.17) is 9.31 Å². The van der Waals surface area contributed by atoms with Crippen LogP contribution in [0.15, 0.2) is 12.1 Å². The fraction of sp³-hybridized carbons (Fsp3) is 0.500. The number of fused-ring (bicyclic) bond motifs is 1. The van der Waals surface area contributed by atoms with Crippen molar-refractivity contribution in [1.82, 2.24) is 0 Å². The molecule has 1 fully saturated rings. The molecule has 2 heterocycles. The van der Waals surface area contributed by atoms with Crippen LogP contribution in [0.4, 0.5) is 5.69 Å². The molecule has 0 unspecified atom stereocenters.